The van der Waals surface area contributed by atoms with E-state index in [1.54, 1.807) is 0 Å². The lowest BCUT2D eigenvalue weighted by molar-refractivity contribution is -0.146. The average molecular weight is 608 g/mol. The van der Waals surface area contributed by atoms with Crippen molar-refractivity contribution in [2.45, 2.75) is 57.4 Å². The van der Waals surface area contributed by atoms with Gasteiger partial charge in [0.15, 0.2) is 0 Å². The summed E-state index contributed by atoms with van der Waals surface area (Å²) in [6, 6.07) is 19.9. The number of carbonyl (C=O) groups is 3. The van der Waals surface area contributed by atoms with Crippen molar-refractivity contribution in [3.8, 4) is 11.5 Å². The lowest BCUT2D eigenvalue weighted by Crippen LogP contribution is -2.40. The molecule has 0 aromatic heterocycles. The largest absolute Gasteiger partial charge is 0.494 e. The maximum Gasteiger partial charge on any atom is 0.335 e. The number of aryl methyl sites for hydroxylation is 2. The van der Waals surface area contributed by atoms with Gasteiger partial charge in [-0.25, -0.2) is 4.79 Å². The molecule has 0 heterocycles. The minimum absolute atomic E-state index is 0.000805. The van der Waals surface area contributed by atoms with Gasteiger partial charge in [-0.15, -0.1) is 0 Å². The van der Waals surface area contributed by atoms with Crippen LogP contribution in [-0.2, 0) is 22.4 Å². The van der Waals surface area contributed by atoms with Gasteiger partial charge in [-0.05, 0) is 98.5 Å². The molecule has 2 unspecified atom stereocenters. The smallest absolute Gasteiger partial charge is 0.335 e. The van der Waals surface area contributed by atoms with E-state index in [4.69, 9.17) is 25.8 Å². The Hall–Kier alpha value is -4.04. The molecule has 8 nitrogen and oxygen atoms in total. The molecule has 1 fully saturated rings. The van der Waals surface area contributed by atoms with Crippen LogP contribution in [0.4, 0.5) is 0 Å². The fraction of sp³-hybridized carbons (Fsp3) is 0.382. The van der Waals surface area contributed by atoms with Crippen molar-refractivity contribution in [3.05, 3.63) is 94.0 Å². The Morgan fingerprint density at radius 3 is 2.19 bits per heavy atom. The molecule has 1 amide bonds. The van der Waals surface area contributed by atoms with Crippen LogP contribution >= 0.6 is 11.6 Å². The third kappa shape index (κ3) is 9.75. The van der Waals surface area contributed by atoms with Gasteiger partial charge >= 0.3 is 11.9 Å². The molecule has 9 heteroatoms. The Bertz CT molecular complexity index is 1370. The van der Waals surface area contributed by atoms with E-state index in [2.05, 4.69) is 5.32 Å². The van der Waals surface area contributed by atoms with E-state index in [0.717, 1.165) is 54.9 Å². The number of ether oxygens (including phenoxy) is 3. The zero-order chi connectivity index (χ0) is 30.6. The maximum atomic E-state index is 13.2. The van der Waals surface area contributed by atoms with Crippen LogP contribution in [0.15, 0.2) is 66.7 Å². The van der Waals surface area contributed by atoms with Crippen LogP contribution in [0.25, 0.3) is 0 Å². The first-order chi connectivity index (χ1) is 20.8. The van der Waals surface area contributed by atoms with Gasteiger partial charge in [-0.1, -0.05) is 42.3 Å². The first-order valence-corrected chi connectivity index (χ1v) is 15.0. The summed E-state index contributed by atoms with van der Waals surface area (Å²) in [7, 11) is 1.36. The topological polar surface area (TPSA) is 111 Å². The van der Waals surface area contributed by atoms with E-state index in [1.807, 2.05) is 48.5 Å². The summed E-state index contributed by atoms with van der Waals surface area (Å²) in [6.45, 7) is 0.975. The second kappa shape index (κ2) is 16.0. The molecule has 0 bridgehead atoms. The maximum absolute atomic E-state index is 13.2. The van der Waals surface area contributed by atoms with E-state index in [0.29, 0.717) is 31.8 Å². The number of benzene rings is 3. The fourth-order valence-corrected chi connectivity index (χ4v) is 5.39. The second-order valence-corrected chi connectivity index (χ2v) is 11.2. The summed E-state index contributed by atoms with van der Waals surface area (Å²) in [5, 5.41) is 13.2. The lowest BCUT2D eigenvalue weighted by atomic mass is 9.85. The predicted octanol–water partition coefficient (Wildman–Crippen LogP) is 6.52. The van der Waals surface area contributed by atoms with Gasteiger partial charge in [-0.2, -0.15) is 0 Å². The van der Waals surface area contributed by atoms with Crippen molar-refractivity contribution in [1.29, 1.82) is 0 Å². The zero-order valence-electron chi connectivity index (χ0n) is 24.4. The molecular formula is C34H38ClNO7. The van der Waals surface area contributed by atoms with Gasteiger partial charge < -0.3 is 24.6 Å². The van der Waals surface area contributed by atoms with Crippen molar-refractivity contribution < 1.29 is 33.7 Å². The predicted molar refractivity (Wildman–Crippen MR) is 164 cm³/mol. The number of carboxylic acid groups (broad SMARTS) is 1. The Kier molecular flexibility index (Phi) is 11.9. The SMILES string of the molecule is COC(=O)C1CCCC(NC(=O)c2cc(C(=O)O)ccc2OCCCc2ccc(OCCCc3ccc(Cl)cc3)cc2)C1. The van der Waals surface area contributed by atoms with E-state index in [-0.39, 0.29) is 29.1 Å². The second-order valence-electron chi connectivity index (χ2n) is 10.7. The quantitative estimate of drug-likeness (QED) is 0.158. The summed E-state index contributed by atoms with van der Waals surface area (Å²) in [5.74, 6) is -0.934. The van der Waals surface area contributed by atoms with Crippen LogP contribution < -0.4 is 14.8 Å². The summed E-state index contributed by atoms with van der Waals surface area (Å²) in [4.78, 5) is 36.8. The molecule has 0 saturated heterocycles. The standard InChI is InChI=1S/C34H38ClNO7/c1-41-34(40)26-7-2-8-28(21-26)36-32(37)30-22-25(33(38)39)13-18-31(30)43-20-4-6-24-11-16-29(17-12-24)42-19-3-5-23-9-14-27(35)15-10-23/h9-18,22,26,28H,2-8,19-21H2,1H3,(H,36,37)(H,38,39). The normalized spacial score (nSPS) is 16.2. The summed E-state index contributed by atoms with van der Waals surface area (Å²) < 4.78 is 16.7. The molecule has 1 aliphatic rings. The molecule has 4 rings (SSSR count). The number of esters is 1. The first-order valence-electron chi connectivity index (χ1n) is 14.7. The minimum atomic E-state index is -1.13. The third-order valence-electron chi connectivity index (χ3n) is 7.60. The molecule has 3 aromatic rings. The highest BCUT2D eigenvalue weighted by molar-refractivity contribution is 6.30. The zero-order valence-corrected chi connectivity index (χ0v) is 25.1. The summed E-state index contributed by atoms with van der Waals surface area (Å²) in [5.41, 5.74) is 2.53. The van der Waals surface area contributed by atoms with Crippen LogP contribution in [0.2, 0.25) is 5.02 Å². The van der Waals surface area contributed by atoms with E-state index in [9.17, 15) is 19.5 Å². The Morgan fingerprint density at radius 1 is 0.884 bits per heavy atom. The van der Waals surface area contributed by atoms with Gasteiger partial charge in [-0.3, -0.25) is 9.59 Å². The molecule has 43 heavy (non-hydrogen) atoms. The van der Waals surface area contributed by atoms with E-state index in [1.165, 1.54) is 30.9 Å². The number of amides is 1. The number of rotatable bonds is 14. The molecular weight excluding hydrogens is 570 g/mol. The van der Waals surface area contributed by atoms with Crippen LogP contribution in [0.1, 0.15) is 70.4 Å². The highest BCUT2D eigenvalue weighted by Crippen LogP contribution is 2.27. The molecule has 1 aliphatic carbocycles. The molecule has 228 valence electrons. The molecule has 0 aliphatic heterocycles. The highest BCUT2D eigenvalue weighted by Gasteiger charge is 2.29. The van der Waals surface area contributed by atoms with E-state index >= 15 is 0 Å². The Labute approximate surface area is 257 Å². The summed E-state index contributed by atoms with van der Waals surface area (Å²) >= 11 is 5.94. The van der Waals surface area contributed by atoms with E-state index < -0.39 is 11.9 Å². The molecule has 2 atom stereocenters. The van der Waals surface area contributed by atoms with Crippen LogP contribution in [0, 0.1) is 5.92 Å². The van der Waals surface area contributed by atoms with Crippen molar-refractivity contribution >= 4 is 29.4 Å². The number of hydrogen-bond acceptors (Lipinski definition) is 6. The number of methoxy groups -OCH3 is 1. The fourth-order valence-electron chi connectivity index (χ4n) is 5.26. The average Bonchev–Trinajstić information content (AvgIpc) is 3.02. The number of halogens is 1. The van der Waals surface area contributed by atoms with Crippen molar-refractivity contribution in [2.75, 3.05) is 20.3 Å². The van der Waals surface area contributed by atoms with Crippen molar-refractivity contribution in [2.24, 2.45) is 5.92 Å². The molecule has 0 spiro atoms. The van der Waals surface area contributed by atoms with Gasteiger partial charge in [0, 0.05) is 11.1 Å². The van der Waals surface area contributed by atoms with Crippen molar-refractivity contribution in [3.63, 3.8) is 0 Å². The number of carboxylic acids is 1. The Balaban J connectivity index is 1.25. The molecule has 0 radical (unpaired) electrons. The number of carbonyl (C=O) groups excluding carboxylic acids is 2. The van der Waals surface area contributed by atoms with Crippen LogP contribution in [0.3, 0.4) is 0 Å². The number of hydrogen-bond donors (Lipinski definition) is 2. The van der Waals surface area contributed by atoms with Crippen LogP contribution in [0.5, 0.6) is 11.5 Å². The van der Waals surface area contributed by atoms with Gasteiger partial charge in [0.2, 0.25) is 0 Å². The summed E-state index contributed by atoms with van der Waals surface area (Å²) in [6.07, 6.45) is 6.04. The van der Waals surface area contributed by atoms with Crippen molar-refractivity contribution in [1.82, 2.24) is 5.32 Å². The van der Waals surface area contributed by atoms with Crippen LogP contribution in [-0.4, -0.2) is 49.3 Å². The highest BCUT2D eigenvalue weighted by atomic mass is 35.5. The lowest BCUT2D eigenvalue weighted by Gasteiger charge is -2.28. The molecule has 2 N–H and O–H groups in total. The van der Waals surface area contributed by atoms with Gasteiger partial charge in [0.05, 0.1) is 37.4 Å². The Morgan fingerprint density at radius 2 is 1.53 bits per heavy atom. The van der Waals surface area contributed by atoms with Gasteiger partial charge in [0.25, 0.3) is 5.91 Å². The third-order valence-corrected chi connectivity index (χ3v) is 7.85. The molecule has 1 saturated carbocycles. The number of nitrogens with one attached hydrogen (secondary N) is 1. The first kappa shape index (κ1) is 31.9. The monoisotopic (exact) mass is 607 g/mol. The molecule has 3 aromatic carbocycles. The number of aromatic carboxylic acids is 1. The van der Waals surface area contributed by atoms with Gasteiger partial charge in [0.1, 0.15) is 11.5 Å². The minimum Gasteiger partial charge on any atom is -0.494 e.